The standard InChI is InChI=1S/C24H39N3O6/c1-2-3-4-5-6-7-8-9-10-11-12-13-14-15-24(29)22(19-28)25-21-17-16-20(26(30)31)18-23(21)27(32)33/h14-18,22,24-25,28-29H,2-13,19H2,1H3/b15-14+/t22-,24+/m0/s1. The zero-order chi connectivity index (χ0) is 24.5. The molecule has 9 nitrogen and oxygen atoms in total. The number of unbranched alkanes of at least 4 members (excludes halogenated alkanes) is 11. The van der Waals surface area contributed by atoms with Gasteiger partial charge in [-0.3, -0.25) is 20.2 Å². The molecule has 0 heterocycles. The number of hydrogen-bond donors (Lipinski definition) is 3. The van der Waals surface area contributed by atoms with Crippen molar-refractivity contribution in [1.29, 1.82) is 0 Å². The summed E-state index contributed by atoms with van der Waals surface area (Å²) in [7, 11) is 0. The minimum absolute atomic E-state index is 0.00228. The lowest BCUT2D eigenvalue weighted by Crippen LogP contribution is -2.35. The van der Waals surface area contributed by atoms with Gasteiger partial charge in [-0.25, -0.2) is 0 Å². The average Bonchev–Trinajstić information content (AvgIpc) is 2.80. The summed E-state index contributed by atoms with van der Waals surface area (Å²) in [5.74, 6) is 0. The summed E-state index contributed by atoms with van der Waals surface area (Å²) in [6, 6.07) is 2.32. The van der Waals surface area contributed by atoms with E-state index in [0.29, 0.717) is 0 Å². The highest BCUT2D eigenvalue weighted by atomic mass is 16.6. The third-order valence-corrected chi connectivity index (χ3v) is 5.65. The van der Waals surface area contributed by atoms with Crippen LogP contribution in [0, 0.1) is 20.2 Å². The molecule has 186 valence electrons. The Morgan fingerprint density at radius 1 is 0.939 bits per heavy atom. The van der Waals surface area contributed by atoms with Crippen LogP contribution in [0.4, 0.5) is 17.1 Å². The van der Waals surface area contributed by atoms with Crippen LogP contribution in [0.25, 0.3) is 0 Å². The minimum Gasteiger partial charge on any atom is -0.394 e. The molecule has 0 amide bonds. The van der Waals surface area contributed by atoms with E-state index in [2.05, 4.69) is 12.2 Å². The normalized spacial score (nSPS) is 13.2. The molecule has 0 radical (unpaired) electrons. The Morgan fingerprint density at radius 2 is 1.52 bits per heavy atom. The molecule has 0 saturated carbocycles. The number of nitrogens with one attached hydrogen (secondary N) is 1. The lowest BCUT2D eigenvalue weighted by Gasteiger charge is -2.20. The fourth-order valence-corrected chi connectivity index (χ4v) is 3.64. The number of aliphatic hydroxyl groups excluding tert-OH is 2. The van der Waals surface area contributed by atoms with Gasteiger partial charge >= 0.3 is 0 Å². The van der Waals surface area contributed by atoms with Gasteiger partial charge in [-0.15, -0.1) is 0 Å². The van der Waals surface area contributed by atoms with Crippen molar-refractivity contribution in [2.24, 2.45) is 0 Å². The van der Waals surface area contributed by atoms with Crippen molar-refractivity contribution in [1.82, 2.24) is 0 Å². The van der Waals surface area contributed by atoms with Crippen molar-refractivity contribution in [2.75, 3.05) is 11.9 Å². The first-order chi connectivity index (χ1) is 15.9. The summed E-state index contributed by atoms with van der Waals surface area (Å²) in [4.78, 5) is 20.6. The number of nitro benzene ring substituents is 2. The van der Waals surface area contributed by atoms with Gasteiger partial charge < -0.3 is 15.5 Å². The van der Waals surface area contributed by atoms with E-state index in [9.17, 15) is 30.4 Å². The molecule has 0 aromatic heterocycles. The lowest BCUT2D eigenvalue weighted by atomic mass is 10.0. The third-order valence-electron chi connectivity index (χ3n) is 5.65. The van der Waals surface area contributed by atoms with E-state index in [-0.39, 0.29) is 5.69 Å². The van der Waals surface area contributed by atoms with E-state index < -0.39 is 40.0 Å². The molecule has 0 aliphatic rings. The van der Waals surface area contributed by atoms with Gasteiger partial charge in [0.05, 0.1) is 34.7 Å². The van der Waals surface area contributed by atoms with Gasteiger partial charge in [-0.2, -0.15) is 0 Å². The number of nitrogens with zero attached hydrogens (tertiary/aromatic N) is 2. The average molecular weight is 466 g/mol. The summed E-state index contributed by atoms with van der Waals surface area (Å²) < 4.78 is 0. The summed E-state index contributed by atoms with van der Waals surface area (Å²) in [5, 5.41) is 44.8. The second kappa shape index (κ2) is 17.0. The van der Waals surface area contributed by atoms with Crippen molar-refractivity contribution in [3.63, 3.8) is 0 Å². The molecular formula is C24H39N3O6. The van der Waals surface area contributed by atoms with E-state index in [4.69, 9.17) is 0 Å². The maximum Gasteiger partial charge on any atom is 0.299 e. The lowest BCUT2D eigenvalue weighted by molar-refractivity contribution is -0.393. The molecule has 0 aliphatic heterocycles. The monoisotopic (exact) mass is 465 g/mol. The molecule has 33 heavy (non-hydrogen) atoms. The van der Waals surface area contributed by atoms with E-state index in [0.717, 1.165) is 31.4 Å². The number of non-ortho nitro benzene ring substituents is 1. The van der Waals surface area contributed by atoms with Gasteiger partial charge in [0, 0.05) is 6.07 Å². The van der Waals surface area contributed by atoms with Crippen LogP contribution in [0.3, 0.4) is 0 Å². The second-order valence-electron chi connectivity index (χ2n) is 8.39. The SMILES string of the molecule is CCCCCCCCCCCCC/C=C/[C@@H](O)[C@H](CO)Nc1ccc([N+](=O)[O-])cc1[N+](=O)[O-]. The first-order valence-corrected chi connectivity index (χ1v) is 12.1. The Bertz CT molecular complexity index is 741. The summed E-state index contributed by atoms with van der Waals surface area (Å²) in [6.07, 6.45) is 17.1. The number of nitro groups is 2. The fraction of sp³-hybridized carbons (Fsp3) is 0.667. The zero-order valence-corrected chi connectivity index (χ0v) is 19.7. The van der Waals surface area contributed by atoms with Crippen molar-refractivity contribution in [2.45, 2.75) is 96.1 Å². The molecule has 1 aromatic carbocycles. The third kappa shape index (κ3) is 11.8. The topological polar surface area (TPSA) is 139 Å². The fourth-order valence-electron chi connectivity index (χ4n) is 3.64. The molecule has 0 aliphatic carbocycles. The molecule has 0 unspecified atom stereocenters. The molecule has 9 heteroatoms. The summed E-state index contributed by atoms with van der Waals surface area (Å²) >= 11 is 0. The summed E-state index contributed by atoms with van der Waals surface area (Å²) in [5.41, 5.74) is -0.887. The predicted molar refractivity (Wildman–Crippen MR) is 130 cm³/mol. The second-order valence-corrected chi connectivity index (χ2v) is 8.39. The Morgan fingerprint density at radius 3 is 2.03 bits per heavy atom. The predicted octanol–water partition coefficient (Wildman–Crippen LogP) is 5.89. The van der Waals surface area contributed by atoms with Crippen molar-refractivity contribution < 1.29 is 20.1 Å². The first-order valence-electron chi connectivity index (χ1n) is 12.1. The molecule has 1 rings (SSSR count). The van der Waals surface area contributed by atoms with E-state index in [1.54, 1.807) is 6.08 Å². The van der Waals surface area contributed by atoms with Crippen LogP contribution < -0.4 is 5.32 Å². The molecular weight excluding hydrogens is 426 g/mol. The Hall–Kier alpha value is -2.52. The molecule has 1 aromatic rings. The largest absolute Gasteiger partial charge is 0.394 e. The van der Waals surface area contributed by atoms with Crippen LogP contribution >= 0.6 is 0 Å². The highest BCUT2D eigenvalue weighted by molar-refractivity contribution is 5.65. The number of hydrogen-bond acceptors (Lipinski definition) is 7. The molecule has 0 fully saturated rings. The van der Waals surface area contributed by atoms with Gasteiger partial charge in [-0.05, 0) is 18.9 Å². The van der Waals surface area contributed by atoms with Gasteiger partial charge in [0.25, 0.3) is 11.4 Å². The van der Waals surface area contributed by atoms with Crippen LogP contribution in [-0.4, -0.2) is 38.8 Å². The van der Waals surface area contributed by atoms with Crippen molar-refractivity contribution in [3.05, 3.63) is 50.6 Å². The zero-order valence-electron chi connectivity index (χ0n) is 19.7. The van der Waals surface area contributed by atoms with Crippen LogP contribution in [-0.2, 0) is 0 Å². The smallest absolute Gasteiger partial charge is 0.299 e. The van der Waals surface area contributed by atoms with Gasteiger partial charge in [0.2, 0.25) is 0 Å². The Labute approximate surface area is 196 Å². The molecule has 2 atom stereocenters. The summed E-state index contributed by atoms with van der Waals surface area (Å²) in [6.45, 7) is 1.77. The minimum atomic E-state index is -1.06. The van der Waals surface area contributed by atoms with E-state index >= 15 is 0 Å². The van der Waals surface area contributed by atoms with E-state index in [1.165, 1.54) is 63.9 Å². The Balaban J connectivity index is 2.35. The van der Waals surface area contributed by atoms with Crippen molar-refractivity contribution in [3.8, 4) is 0 Å². The Kier molecular flexibility index (Phi) is 14.7. The maximum absolute atomic E-state index is 11.2. The highest BCUT2D eigenvalue weighted by Crippen LogP contribution is 2.29. The first kappa shape index (κ1) is 28.5. The van der Waals surface area contributed by atoms with E-state index in [1.807, 2.05) is 6.08 Å². The van der Waals surface area contributed by atoms with Crippen molar-refractivity contribution >= 4 is 17.1 Å². The number of anilines is 1. The van der Waals surface area contributed by atoms with Gasteiger partial charge in [0.15, 0.2) is 0 Å². The van der Waals surface area contributed by atoms with Gasteiger partial charge in [0.1, 0.15) is 5.69 Å². The van der Waals surface area contributed by atoms with Gasteiger partial charge in [-0.1, -0.05) is 83.3 Å². The van der Waals surface area contributed by atoms with Crippen LogP contribution in [0.2, 0.25) is 0 Å². The van der Waals surface area contributed by atoms with Crippen LogP contribution in [0.1, 0.15) is 84.0 Å². The highest BCUT2D eigenvalue weighted by Gasteiger charge is 2.23. The number of aliphatic hydroxyl groups is 2. The van der Waals surface area contributed by atoms with Crippen LogP contribution in [0.15, 0.2) is 30.4 Å². The molecule has 0 bridgehead atoms. The molecule has 0 spiro atoms. The number of allylic oxidation sites excluding steroid dienone is 1. The number of rotatable bonds is 19. The molecule has 3 N–H and O–H groups in total. The number of benzene rings is 1. The van der Waals surface area contributed by atoms with Crippen LogP contribution in [0.5, 0.6) is 0 Å². The maximum atomic E-state index is 11.2. The quantitative estimate of drug-likeness (QED) is 0.100. The molecule has 0 saturated heterocycles.